The number of anilines is 2. The fourth-order valence-corrected chi connectivity index (χ4v) is 8.95. The Bertz CT molecular complexity index is 2160. The van der Waals surface area contributed by atoms with Crippen LogP contribution in [-0.2, 0) is 24.1 Å². The van der Waals surface area contributed by atoms with E-state index in [0.717, 1.165) is 70.2 Å². The SMILES string of the molecule is CC(=O)c1nc(N2CCc3cccc(C(=O)Nc4nc5ccccc5s4)c3C2)sc1CCCOc1ccc(C#CCN2CCC(OC(C)C)CC2)cc1F. The van der Waals surface area contributed by atoms with Gasteiger partial charge in [-0.15, -0.1) is 11.3 Å². The molecular weight excluding hydrogens is 722 g/mol. The van der Waals surface area contributed by atoms with E-state index in [1.54, 1.807) is 12.1 Å². The van der Waals surface area contributed by atoms with Gasteiger partial charge < -0.3 is 14.4 Å². The van der Waals surface area contributed by atoms with Crippen LogP contribution in [0.4, 0.5) is 14.7 Å². The summed E-state index contributed by atoms with van der Waals surface area (Å²) in [6.45, 7) is 9.71. The van der Waals surface area contributed by atoms with Gasteiger partial charge in [0.15, 0.2) is 27.6 Å². The van der Waals surface area contributed by atoms with Crippen molar-refractivity contribution in [1.29, 1.82) is 0 Å². The fraction of sp³-hybridized carbons (Fsp3) is 0.381. The van der Waals surface area contributed by atoms with Crippen LogP contribution in [0.1, 0.15) is 82.4 Å². The number of rotatable bonds is 12. The molecule has 0 atom stereocenters. The van der Waals surface area contributed by atoms with Crippen molar-refractivity contribution in [3.63, 3.8) is 0 Å². The Balaban J connectivity index is 0.929. The highest BCUT2D eigenvalue weighted by atomic mass is 32.1. The average Bonchev–Trinajstić information content (AvgIpc) is 3.78. The maximum atomic E-state index is 14.9. The van der Waals surface area contributed by atoms with Crippen LogP contribution in [0, 0.1) is 17.7 Å². The van der Waals surface area contributed by atoms with Gasteiger partial charge in [-0.25, -0.2) is 14.4 Å². The molecule has 9 nitrogen and oxygen atoms in total. The van der Waals surface area contributed by atoms with Gasteiger partial charge in [0.1, 0.15) is 5.69 Å². The number of hydrogen-bond donors (Lipinski definition) is 1. The first-order valence-electron chi connectivity index (χ1n) is 18.5. The molecule has 1 fully saturated rings. The summed E-state index contributed by atoms with van der Waals surface area (Å²) in [5, 5.41) is 4.30. The average molecular weight is 766 g/mol. The molecule has 4 heterocycles. The number of aryl methyl sites for hydroxylation is 1. The third kappa shape index (κ3) is 9.16. The summed E-state index contributed by atoms with van der Waals surface area (Å²) in [5.74, 6) is 5.70. The number of amides is 1. The molecular formula is C42H44FN5O4S2. The second kappa shape index (κ2) is 17.2. The summed E-state index contributed by atoms with van der Waals surface area (Å²) >= 11 is 2.94. The minimum absolute atomic E-state index is 0.103. The Morgan fingerprint density at radius 3 is 2.65 bits per heavy atom. The predicted molar refractivity (Wildman–Crippen MR) is 214 cm³/mol. The number of likely N-dealkylation sites (tertiary alicyclic amines) is 1. The number of carbonyl (C=O) groups excluding carboxylic acids is 2. The first-order valence-corrected chi connectivity index (χ1v) is 20.2. The highest BCUT2D eigenvalue weighted by Crippen LogP contribution is 2.34. The number of ketones is 1. The summed E-state index contributed by atoms with van der Waals surface area (Å²) < 4.78 is 27.7. The third-order valence-electron chi connectivity index (χ3n) is 9.59. The lowest BCUT2D eigenvalue weighted by molar-refractivity contribution is -0.0249. The molecule has 280 valence electrons. The van der Waals surface area contributed by atoms with E-state index in [2.05, 4.69) is 51.9 Å². The van der Waals surface area contributed by atoms with Crippen LogP contribution in [0.15, 0.2) is 60.7 Å². The molecule has 0 spiro atoms. The van der Waals surface area contributed by atoms with Crippen LogP contribution in [0.3, 0.4) is 0 Å². The number of halogens is 1. The van der Waals surface area contributed by atoms with E-state index in [9.17, 15) is 14.0 Å². The summed E-state index contributed by atoms with van der Waals surface area (Å²) in [5.41, 5.74) is 4.59. The summed E-state index contributed by atoms with van der Waals surface area (Å²) in [7, 11) is 0. The summed E-state index contributed by atoms with van der Waals surface area (Å²) in [4.78, 5) is 40.8. The van der Waals surface area contributed by atoms with Gasteiger partial charge in [-0.1, -0.05) is 47.4 Å². The number of hydrogen-bond acceptors (Lipinski definition) is 10. The molecule has 7 rings (SSSR count). The minimum atomic E-state index is -0.448. The maximum absolute atomic E-state index is 14.9. The van der Waals surface area contributed by atoms with Gasteiger partial charge in [0.05, 0.1) is 35.6 Å². The second-order valence-electron chi connectivity index (χ2n) is 13.9. The Kier molecular flexibility index (Phi) is 12.0. The Morgan fingerprint density at radius 2 is 1.87 bits per heavy atom. The van der Waals surface area contributed by atoms with Crippen LogP contribution in [-0.4, -0.2) is 71.6 Å². The number of carbonyl (C=O) groups is 2. The van der Waals surface area contributed by atoms with Crippen molar-refractivity contribution in [2.75, 3.05) is 43.0 Å². The number of nitrogens with zero attached hydrogens (tertiary/aromatic N) is 4. The van der Waals surface area contributed by atoms with Crippen molar-refractivity contribution < 1.29 is 23.5 Å². The lowest BCUT2D eigenvalue weighted by Crippen LogP contribution is -2.38. The monoisotopic (exact) mass is 765 g/mol. The fourth-order valence-electron chi connectivity index (χ4n) is 6.92. The van der Waals surface area contributed by atoms with Crippen molar-refractivity contribution in [1.82, 2.24) is 14.9 Å². The molecule has 0 bridgehead atoms. The van der Waals surface area contributed by atoms with Crippen molar-refractivity contribution >= 4 is 54.8 Å². The molecule has 3 aromatic carbocycles. The van der Waals surface area contributed by atoms with E-state index in [1.807, 2.05) is 36.4 Å². The molecule has 1 amide bonds. The Labute approximate surface area is 323 Å². The van der Waals surface area contributed by atoms with Crippen molar-refractivity contribution in [2.45, 2.75) is 71.6 Å². The number of aromatic nitrogens is 2. The second-order valence-corrected chi connectivity index (χ2v) is 16.0. The van der Waals surface area contributed by atoms with E-state index < -0.39 is 5.82 Å². The third-order valence-corrected chi connectivity index (χ3v) is 11.7. The van der Waals surface area contributed by atoms with Crippen LogP contribution >= 0.6 is 22.7 Å². The number of ether oxygens (including phenoxy) is 2. The summed E-state index contributed by atoms with van der Waals surface area (Å²) in [6.07, 6.45) is 4.47. The predicted octanol–water partition coefficient (Wildman–Crippen LogP) is 8.16. The molecule has 2 aliphatic rings. The number of nitrogens with one attached hydrogen (secondary N) is 1. The molecule has 2 aliphatic heterocycles. The van der Waals surface area contributed by atoms with Gasteiger partial charge in [-0.2, -0.15) is 0 Å². The molecule has 12 heteroatoms. The van der Waals surface area contributed by atoms with E-state index >= 15 is 0 Å². The number of thiazole rings is 2. The van der Waals surface area contributed by atoms with E-state index in [1.165, 1.54) is 35.7 Å². The first kappa shape index (κ1) is 37.6. The van der Waals surface area contributed by atoms with Gasteiger partial charge in [-0.3, -0.25) is 19.8 Å². The van der Waals surface area contributed by atoms with Crippen LogP contribution in [0.5, 0.6) is 5.75 Å². The van der Waals surface area contributed by atoms with Crippen LogP contribution < -0.4 is 15.0 Å². The van der Waals surface area contributed by atoms with Crippen molar-refractivity contribution in [3.8, 4) is 17.6 Å². The van der Waals surface area contributed by atoms with Crippen LogP contribution in [0.2, 0.25) is 0 Å². The Hall–Kier alpha value is -4.67. The first-order chi connectivity index (χ1) is 26.2. The molecule has 54 heavy (non-hydrogen) atoms. The van der Waals surface area contributed by atoms with E-state index in [-0.39, 0.29) is 30.2 Å². The maximum Gasteiger partial charge on any atom is 0.257 e. The van der Waals surface area contributed by atoms with Crippen LogP contribution in [0.25, 0.3) is 10.2 Å². The molecule has 0 saturated carbocycles. The topological polar surface area (TPSA) is 96.9 Å². The largest absolute Gasteiger partial charge is 0.491 e. The number of piperidine rings is 1. The highest BCUT2D eigenvalue weighted by molar-refractivity contribution is 7.22. The molecule has 5 aromatic rings. The number of para-hydroxylation sites is 1. The molecule has 0 aliphatic carbocycles. The molecule has 0 radical (unpaired) electrons. The quantitative estimate of drug-likeness (QED) is 0.0773. The smallest absolute Gasteiger partial charge is 0.257 e. The van der Waals surface area contributed by atoms with Gasteiger partial charge in [0.25, 0.3) is 5.91 Å². The van der Waals surface area contributed by atoms with E-state index in [0.29, 0.717) is 54.0 Å². The zero-order valence-corrected chi connectivity index (χ0v) is 32.5. The van der Waals surface area contributed by atoms with Gasteiger partial charge in [-0.05, 0) is 93.5 Å². The van der Waals surface area contributed by atoms with Gasteiger partial charge in [0.2, 0.25) is 0 Å². The zero-order chi connectivity index (χ0) is 37.6. The minimum Gasteiger partial charge on any atom is -0.491 e. The number of fused-ring (bicyclic) bond motifs is 2. The van der Waals surface area contributed by atoms with Gasteiger partial charge in [0, 0.05) is 49.1 Å². The zero-order valence-electron chi connectivity index (χ0n) is 30.8. The lowest BCUT2D eigenvalue weighted by Gasteiger charge is -2.31. The normalized spacial score (nSPS) is 14.9. The van der Waals surface area contributed by atoms with Crippen molar-refractivity contribution in [3.05, 3.63) is 99.3 Å². The summed E-state index contributed by atoms with van der Waals surface area (Å²) in [6, 6.07) is 18.5. The molecule has 1 saturated heterocycles. The number of benzene rings is 3. The lowest BCUT2D eigenvalue weighted by atomic mass is 9.94. The number of Topliss-reactive ketones (excluding diaryl/α,β-unsaturated/α-hetero) is 1. The Morgan fingerprint density at radius 1 is 1.04 bits per heavy atom. The molecule has 2 aromatic heterocycles. The van der Waals surface area contributed by atoms with Gasteiger partial charge >= 0.3 is 0 Å². The molecule has 0 unspecified atom stereocenters. The highest BCUT2D eigenvalue weighted by Gasteiger charge is 2.26. The standard InChI is InChI=1S/C42H44FN5O4S2/c1-27(2)52-31-18-21-47(22-19-31)20-7-9-29-15-16-36(34(43)25-29)51-24-8-14-38-39(28(3)49)45-42(54-38)48-23-17-30-10-6-11-32(33(30)26-48)40(50)46-41-44-35-12-4-5-13-37(35)53-41/h4-6,10-13,15-16,25,27,31H,8,14,17-24,26H2,1-3H3,(H,44,46,50). The van der Waals surface area contributed by atoms with E-state index in [4.69, 9.17) is 14.5 Å². The molecule has 1 N–H and O–H groups in total. The van der Waals surface area contributed by atoms with Crippen molar-refractivity contribution in [2.24, 2.45) is 0 Å².